The van der Waals surface area contributed by atoms with E-state index in [1.807, 2.05) is 12.1 Å². The lowest BCUT2D eigenvalue weighted by Gasteiger charge is -2.26. The molecule has 0 aromatic carbocycles. The first kappa shape index (κ1) is 11.5. The van der Waals surface area contributed by atoms with Crippen molar-refractivity contribution in [2.45, 2.75) is 0 Å². The first-order chi connectivity index (χ1) is 9.81. The van der Waals surface area contributed by atoms with Crippen LogP contribution in [0.2, 0.25) is 0 Å². The van der Waals surface area contributed by atoms with Crippen LogP contribution in [0.4, 0.5) is 5.82 Å². The molecule has 4 rings (SSSR count). The Morgan fingerprint density at radius 2 is 2.25 bits per heavy atom. The lowest BCUT2D eigenvalue weighted by molar-refractivity contribution is 0.201. The monoisotopic (exact) mass is 269 g/mol. The van der Waals surface area contributed by atoms with Gasteiger partial charge in [0, 0.05) is 30.6 Å². The Morgan fingerprint density at radius 1 is 1.35 bits per heavy atom. The van der Waals surface area contributed by atoms with Gasteiger partial charge < -0.3 is 20.8 Å². The quantitative estimate of drug-likeness (QED) is 0.666. The van der Waals surface area contributed by atoms with E-state index in [2.05, 4.69) is 20.3 Å². The van der Waals surface area contributed by atoms with E-state index in [-0.39, 0.29) is 0 Å². The van der Waals surface area contributed by atoms with Crippen LogP contribution in [0, 0.1) is 5.92 Å². The topological polar surface area (TPSA) is 88.9 Å². The minimum Gasteiger partial charge on any atom is -0.492 e. The molecule has 6 heteroatoms. The van der Waals surface area contributed by atoms with Gasteiger partial charge in [0.05, 0.1) is 23.7 Å². The third kappa shape index (κ3) is 1.77. The number of hydrogen-bond donors (Lipinski definition) is 3. The Morgan fingerprint density at radius 3 is 3.05 bits per heavy atom. The first-order valence-electron chi connectivity index (χ1n) is 6.66. The first-order valence-corrected chi connectivity index (χ1v) is 6.66. The zero-order valence-electron chi connectivity index (χ0n) is 10.9. The van der Waals surface area contributed by atoms with Crippen molar-refractivity contribution in [3.8, 4) is 5.75 Å². The maximum Gasteiger partial charge on any atom is 0.142 e. The van der Waals surface area contributed by atoms with Crippen LogP contribution in [-0.2, 0) is 0 Å². The average Bonchev–Trinajstić information content (AvgIpc) is 2.75. The van der Waals surface area contributed by atoms with E-state index in [4.69, 9.17) is 10.5 Å². The van der Waals surface area contributed by atoms with Gasteiger partial charge in [-0.3, -0.25) is 0 Å². The van der Waals surface area contributed by atoms with Crippen molar-refractivity contribution in [2.75, 3.05) is 25.4 Å². The summed E-state index contributed by atoms with van der Waals surface area (Å²) >= 11 is 0. The molecule has 0 amide bonds. The fraction of sp³-hybridized carbons (Fsp3) is 0.286. The number of hydrogen-bond acceptors (Lipinski definition) is 5. The lowest BCUT2D eigenvalue weighted by Crippen LogP contribution is -2.45. The van der Waals surface area contributed by atoms with Gasteiger partial charge in [0.15, 0.2) is 0 Å². The number of nitrogens with one attached hydrogen (secondary N) is 2. The summed E-state index contributed by atoms with van der Waals surface area (Å²) in [5, 5.41) is 5.22. The highest BCUT2D eigenvalue weighted by atomic mass is 16.5. The van der Waals surface area contributed by atoms with Gasteiger partial charge in [0.2, 0.25) is 0 Å². The second-order valence-corrected chi connectivity index (χ2v) is 5.15. The highest BCUT2D eigenvalue weighted by molar-refractivity contribution is 6.09. The van der Waals surface area contributed by atoms with Crippen molar-refractivity contribution in [1.29, 1.82) is 0 Å². The van der Waals surface area contributed by atoms with Gasteiger partial charge in [-0.2, -0.15) is 0 Å². The van der Waals surface area contributed by atoms with Crippen LogP contribution < -0.4 is 15.8 Å². The zero-order valence-corrected chi connectivity index (χ0v) is 10.9. The number of nitrogens with zero attached hydrogens (tertiary/aromatic N) is 2. The van der Waals surface area contributed by atoms with E-state index in [0.717, 1.165) is 47.4 Å². The minimum absolute atomic E-state index is 0.497. The predicted octanol–water partition coefficient (Wildman–Crippen LogP) is 1.29. The summed E-state index contributed by atoms with van der Waals surface area (Å²) in [6.45, 7) is 2.78. The van der Waals surface area contributed by atoms with Gasteiger partial charge in [-0.15, -0.1) is 0 Å². The van der Waals surface area contributed by atoms with Gasteiger partial charge in [-0.05, 0) is 12.1 Å². The number of ether oxygens (including phenoxy) is 1. The number of aromatic amines is 1. The molecule has 6 nitrogen and oxygen atoms in total. The molecule has 1 aliphatic heterocycles. The molecule has 0 saturated carbocycles. The molecule has 1 aliphatic rings. The highest BCUT2D eigenvalue weighted by Gasteiger charge is 2.18. The van der Waals surface area contributed by atoms with Crippen LogP contribution >= 0.6 is 0 Å². The number of fused-ring (bicyclic) bond motifs is 3. The van der Waals surface area contributed by atoms with E-state index in [9.17, 15) is 0 Å². The number of H-pyrrole nitrogens is 1. The van der Waals surface area contributed by atoms with E-state index >= 15 is 0 Å². The SMILES string of the molecule is Nc1cc2c(cn1)[nH]c1nccc(OCC3CNC3)c12. The molecular formula is C14H15N5O. The van der Waals surface area contributed by atoms with E-state index in [0.29, 0.717) is 11.7 Å². The molecule has 4 N–H and O–H groups in total. The molecule has 1 fully saturated rings. The van der Waals surface area contributed by atoms with Crippen LogP contribution in [0.15, 0.2) is 24.5 Å². The molecule has 0 aliphatic carbocycles. The number of pyridine rings is 2. The molecule has 102 valence electrons. The van der Waals surface area contributed by atoms with Crippen molar-refractivity contribution in [2.24, 2.45) is 5.92 Å². The summed E-state index contributed by atoms with van der Waals surface area (Å²) in [5.74, 6) is 1.94. The average molecular weight is 269 g/mol. The fourth-order valence-corrected chi connectivity index (χ4v) is 2.50. The van der Waals surface area contributed by atoms with Crippen LogP contribution in [0.1, 0.15) is 0 Å². The number of nitrogen functional groups attached to an aromatic ring is 1. The van der Waals surface area contributed by atoms with Crippen molar-refractivity contribution in [1.82, 2.24) is 20.3 Å². The standard InChI is InChI=1S/C14H15N5O/c15-12-3-9-10(6-18-12)19-14-13(9)11(1-2-17-14)20-7-8-4-16-5-8/h1-3,6,8,16H,4-5,7H2,(H2,15,18)(H,17,19). The molecule has 0 atom stereocenters. The predicted molar refractivity (Wildman–Crippen MR) is 77.7 cm³/mol. The van der Waals surface area contributed by atoms with Crippen LogP contribution in [0.5, 0.6) is 5.75 Å². The molecule has 0 bridgehead atoms. The van der Waals surface area contributed by atoms with Crippen LogP contribution in [-0.4, -0.2) is 34.6 Å². The smallest absolute Gasteiger partial charge is 0.142 e. The van der Waals surface area contributed by atoms with Crippen molar-refractivity contribution in [3.05, 3.63) is 24.5 Å². The van der Waals surface area contributed by atoms with E-state index in [1.54, 1.807) is 12.4 Å². The maximum absolute atomic E-state index is 5.97. The maximum atomic E-state index is 5.97. The molecule has 1 saturated heterocycles. The van der Waals surface area contributed by atoms with Crippen molar-refractivity contribution < 1.29 is 4.74 Å². The highest BCUT2D eigenvalue weighted by Crippen LogP contribution is 2.32. The second kappa shape index (κ2) is 4.35. The molecule has 0 spiro atoms. The molecular weight excluding hydrogens is 254 g/mol. The lowest BCUT2D eigenvalue weighted by atomic mass is 10.1. The second-order valence-electron chi connectivity index (χ2n) is 5.15. The summed E-state index contributed by atoms with van der Waals surface area (Å²) in [4.78, 5) is 11.7. The number of nitrogens with two attached hydrogens (primary N) is 1. The largest absolute Gasteiger partial charge is 0.492 e. The van der Waals surface area contributed by atoms with Gasteiger partial charge >= 0.3 is 0 Å². The van der Waals surface area contributed by atoms with E-state index in [1.165, 1.54) is 0 Å². The molecule has 0 unspecified atom stereocenters. The summed E-state index contributed by atoms with van der Waals surface area (Å²) in [6, 6.07) is 3.76. The minimum atomic E-state index is 0.497. The van der Waals surface area contributed by atoms with Gasteiger partial charge in [-0.25, -0.2) is 9.97 Å². The molecule has 0 radical (unpaired) electrons. The Bertz CT molecular complexity index is 778. The Balaban J connectivity index is 1.82. The normalized spacial score (nSPS) is 15.6. The Hall–Kier alpha value is -2.34. The van der Waals surface area contributed by atoms with Gasteiger partial charge in [0.1, 0.15) is 17.2 Å². The zero-order chi connectivity index (χ0) is 13.5. The summed E-state index contributed by atoms with van der Waals surface area (Å²) in [5.41, 5.74) is 7.50. The van der Waals surface area contributed by atoms with Crippen LogP contribution in [0.25, 0.3) is 21.9 Å². The van der Waals surface area contributed by atoms with Crippen molar-refractivity contribution in [3.63, 3.8) is 0 Å². The van der Waals surface area contributed by atoms with E-state index < -0.39 is 0 Å². The summed E-state index contributed by atoms with van der Waals surface area (Å²) < 4.78 is 5.97. The van der Waals surface area contributed by atoms with Gasteiger partial charge in [0.25, 0.3) is 0 Å². The third-order valence-corrected chi connectivity index (χ3v) is 3.70. The molecule has 20 heavy (non-hydrogen) atoms. The molecule has 3 aromatic rings. The Kier molecular flexibility index (Phi) is 2.50. The Labute approximate surface area is 115 Å². The van der Waals surface area contributed by atoms with Crippen LogP contribution in [0.3, 0.4) is 0 Å². The number of aromatic nitrogens is 3. The molecule has 3 aromatic heterocycles. The summed E-state index contributed by atoms with van der Waals surface area (Å²) in [6.07, 6.45) is 3.48. The fourth-order valence-electron chi connectivity index (χ4n) is 2.50. The van der Waals surface area contributed by atoms with Gasteiger partial charge in [-0.1, -0.05) is 0 Å². The number of anilines is 1. The third-order valence-electron chi connectivity index (χ3n) is 3.70. The van der Waals surface area contributed by atoms with Crippen molar-refractivity contribution >= 4 is 27.8 Å². The summed E-state index contributed by atoms with van der Waals surface area (Å²) in [7, 11) is 0. The molecule has 4 heterocycles. The number of rotatable bonds is 3.